The van der Waals surface area contributed by atoms with Gasteiger partial charge in [-0.3, -0.25) is 0 Å². The Kier molecular flexibility index (Phi) is 5.27. The molecule has 20 heavy (non-hydrogen) atoms. The first kappa shape index (κ1) is 14.7. The molecule has 1 unspecified atom stereocenters. The molecule has 1 amide bonds. The smallest absolute Gasteiger partial charge is 0.410 e. The third kappa shape index (κ3) is 4.15. The molecule has 2 rings (SSSR count). The van der Waals surface area contributed by atoms with E-state index in [0.717, 1.165) is 18.4 Å². The largest absolute Gasteiger partial charge is 0.508 e. The van der Waals surface area contributed by atoms with Crippen LogP contribution in [-0.2, 0) is 11.3 Å². The summed E-state index contributed by atoms with van der Waals surface area (Å²) in [6.07, 6.45) is 5.51. The van der Waals surface area contributed by atoms with Crippen LogP contribution in [0.3, 0.4) is 0 Å². The summed E-state index contributed by atoms with van der Waals surface area (Å²) >= 11 is 0. The summed E-state index contributed by atoms with van der Waals surface area (Å²) in [7, 11) is 0. The van der Waals surface area contributed by atoms with Crippen molar-refractivity contribution in [2.75, 3.05) is 6.54 Å². The molecule has 4 heteroatoms. The van der Waals surface area contributed by atoms with Crippen LogP contribution in [0.15, 0.2) is 24.3 Å². The standard InChI is InChI=1S/C16H23NO3/c1-2-3-4-5-9-15-12-17(16(19)20-15)11-13-7-6-8-14(18)10-13/h6-8,10,15,18H,2-5,9,11-12H2,1H3. The molecule has 0 aliphatic carbocycles. The molecule has 0 radical (unpaired) electrons. The van der Waals surface area contributed by atoms with E-state index in [9.17, 15) is 9.90 Å². The second kappa shape index (κ2) is 7.17. The molecule has 0 saturated carbocycles. The Balaban J connectivity index is 1.80. The number of carbonyl (C=O) groups excluding carboxylic acids is 1. The molecule has 1 saturated heterocycles. The first-order valence-electron chi connectivity index (χ1n) is 7.42. The second-order valence-electron chi connectivity index (χ2n) is 5.41. The fourth-order valence-corrected chi connectivity index (χ4v) is 2.53. The van der Waals surface area contributed by atoms with Gasteiger partial charge in [0.1, 0.15) is 11.9 Å². The van der Waals surface area contributed by atoms with Crippen molar-refractivity contribution in [1.29, 1.82) is 0 Å². The molecule has 0 spiro atoms. The quantitative estimate of drug-likeness (QED) is 0.773. The van der Waals surface area contributed by atoms with Gasteiger partial charge in [-0.2, -0.15) is 0 Å². The first-order valence-corrected chi connectivity index (χ1v) is 7.42. The Hall–Kier alpha value is -1.71. The van der Waals surface area contributed by atoms with E-state index < -0.39 is 0 Å². The number of benzene rings is 1. The van der Waals surface area contributed by atoms with E-state index >= 15 is 0 Å². The van der Waals surface area contributed by atoms with Gasteiger partial charge in [-0.1, -0.05) is 38.3 Å². The molecule has 0 bridgehead atoms. The third-order valence-corrected chi connectivity index (χ3v) is 3.61. The van der Waals surface area contributed by atoms with Crippen LogP contribution in [0, 0.1) is 0 Å². The van der Waals surface area contributed by atoms with Gasteiger partial charge >= 0.3 is 6.09 Å². The Morgan fingerprint density at radius 1 is 1.35 bits per heavy atom. The van der Waals surface area contributed by atoms with Crippen LogP contribution in [-0.4, -0.2) is 28.7 Å². The highest BCUT2D eigenvalue weighted by molar-refractivity contribution is 5.69. The number of ether oxygens (including phenoxy) is 1. The molecule has 1 aliphatic rings. The molecule has 1 aliphatic heterocycles. The van der Waals surface area contributed by atoms with E-state index in [-0.39, 0.29) is 17.9 Å². The number of nitrogens with zero attached hydrogens (tertiary/aromatic N) is 1. The second-order valence-corrected chi connectivity index (χ2v) is 5.41. The number of carbonyl (C=O) groups is 1. The molecule has 4 nitrogen and oxygen atoms in total. The number of rotatable bonds is 7. The van der Waals surface area contributed by atoms with Crippen molar-refractivity contribution < 1.29 is 14.6 Å². The van der Waals surface area contributed by atoms with Gasteiger partial charge in [-0.25, -0.2) is 4.79 Å². The topological polar surface area (TPSA) is 49.8 Å². The summed E-state index contributed by atoms with van der Waals surface area (Å²) in [6, 6.07) is 7.00. The number of amides is 1. The molecule has 1 heterocycles. The summed E-state index contributed by atoms with van der Waals surface area (Å²) < 4.78 is 5.38. The number of aromatic hydroxyl groups is 1. The zero-order chi connectivity index (χ0) is 14.4. The molecular formula is C16H23NO3. The van der Waals surface area contributed by atoms with Crippen molar-refractivity contribution >= 4 is 6.09 Å². The monoisotopic (exact) mass is 277 g/mol. The van der Waals surface area contributed by atoms with Gasteiger partial charge in [0, 0.05) is 6.54 Å². The Labute approximate surface area is 120 Å². The van der Waals surface area contributed by atoms with Gasteiger partial charge in [0.2, 0.25) is 0 Å². The van der Waals surface area contributed by atoms with E-state index in [1.807, 2.05) is 6.07 Å². The van der Waals surface area contributed by atoms with Crippen LogP contribution >= 0.6 is 0 Å². The number of hydrogen-bond donors (Lipinski definition) is 1. The van der Waals surface area contributed by atoms with Gasteiger partial charge in [0.15, 0.2) is 0 Å². The lowest BCUT2D eigenvalue weighted by atomic mass is 10.1. The Bertz CT molecular complexity index is 447. The van der Waals surface area contributed by atoms with E-state index in [1.165, 1.54) is 19.3 Å². The van der Waals surface area contributed by atoms with Crippen LogP contribution < -0.4 is 0 Å². The summed E-state index contributed by atoms with van der Waals surface area (Å²) in [4.78, 5) is 13.5. The van der Waals surface area contributed by atoms with E-state index in [2.05, 4.69) is 6.92 Å². The van der Waals surface area contributed by atoms with Gasteiger partial charge in [-0.05, 0) is 30.5 Å². The molecule has 110 valence electrons. The predicted octanol–water partition coefficient (Wildman–Crippen LogP) is 3.68. The minimum absolute atomic E-state index is 0.0247. The van der Waals surface area contributed by atoms with Crippen LogP contribution in [0.2, 0.25) is 0 Å². The van der Waals surface area contributed by atoms with E-state index in [1.54, 1.807) is 23.1 Å². The summed E-state index contributed by atoms with van der Waals surface area (Å²) in [5.74, 6) is 0.228. The SMILES string of the molecule is CCCCCCC1CN(Cc2cccc(O)c2)C(=O)O1. The summed E-state index contributed by atoms with van der Waals surface area (Å²) in [5, 5.41) is 9.44. The maximum Gasteiger partial charge on any atom is 0.410 e. The van der Waals surface area contributed by atoms with Crippen molar-refractivity contribution in [1.82, 2.24) is 4.90 Å². The fraction of sp³-hybridized carbons (Fsp3) is 0.562. The lowest BCUT2D eigenvalue weighted by Gasteiger charge is -2.13. The maximum atomic E-state index is 11.8. The van der Waals surface area contributed by atoms with Crippen LogP contribution in [0.25, 0.3) is 0 Å². The summed E-state index contributed by atoms with van der Waals surface area (Å²) in [5.41, 5.74) is 0.925. The molecule has 1 atom stereocenters. The maximum absolute atomic E-state index is 11.8. The number of phenols is 1. The summed E-state index contributed by atoms with van der Waals surface area (Å²) in [6.45, 7) is 3.34. The molecule has 1 aromatic rings. The van der Waals surface area contributed by atoms with Gasteiger partial charge in [-0.15, -0.1) is 0 Å². The predicted molar refractivity (Wildman–Crippen MR) is 77.5 cm³/mol. The molecule has 1 N–H and O–H groups in total. The van der Waals surface area contributed by atoms with Crippen molar-refractivity contribution in [2.45, 2.75) is 51.7 Å². The highest BCUT2D eigenvalue weighted by Crippen LogP contribution is 2.20. The molecule has 1 fully saturated rings. The van der Waals surface area contributed by atoms with Crippen molar-refractivity contribution in [2.24, 2.45) is 0 Å². The number of unbranched alkanes of at least 4 members (excludes halogenated alkanes) is 3. The number of phenolic OH excluding ortho intramolecular Hbond substituents is 1. The highest BCUT2D eigenvalue weighted by Gasteiger charge is 2.30. The molecule has 1 aromatic carbocycles. The Morgan fingerprint density at radius 2 is 2.20 bits per heavy atom. The number of cyclic esters (lactones) is 1. The van der Waals surface area contributed by atoms with Crippen LogP contribution in [0.1, 0.15) is 44.6 Å². The van der Waals surface area contributed by atoms with Gasteiger partial charge in [0.05, 0.1) is 6.54 Å². The number of hydrogen-bond acceptors (Lipinski definition) is 3. The van der Waals surface area contributed by atoms with E-state index in [0.29, 0.717) is 13.1 Å². The van der Waals surface area contributed by atoms with Crippen molar-refractivity contribution in [3.63, 3.8) is 0 Å². The average Bonchev–Trinajstić information content (AvgIpc) is 2.75. The zero-order valence-electron chi connectivity index (χ0n) is 12.0. The van der Waals surface area contributed by atoms with E-state index in [4.69, 9.17) is 4.74 Å². The highest BCUT2D eigenvalue weighted by atomic mass is 16.6. The van der Waals surface area contributed by atoms with Gasteiger partial charge in [0.25, 0.3) is 0 Å². The third-order valence-electron chi connectivity index (χ3n) is 3.61. The van der Waals surface area contributed by atoms with Crippen molar-refractivity contribution in [3.05, 3.63) is 29.8 Å². The zero-order valence-corrected chi connectivity index (χ0v) is 12.0. The van der Waals surface area contributed by atoms with Crippen LogP contribution in [0.5, 0.6) is 5.75 Å². The molecular weight excluding hydrogens is 254 g/mol. The normalized spacial score (nSPS) is 18.4. The molecule has 0 aromatic heterocycles. The first-order chi connectivity index (χ1) is 9.69. The lowest BCUT2D eigenvalue weighted by molar-refractivity contribution is 0.127. The van der Waals surface area contributed by atoms with Crippen molar-refractivity contribution in [3.8, 4) is 5.75 Å². The average molecular weight is 277 g/mol. The minimum atomic E-state index is -0.242. The minimum Gasteiger partial charge on any atom is -0.508 e. The van der Waals surface area contributed by atoms with Gasteiger partial charge < -0.3 is 14.7 Å². The van der Waals surface area contributed by atoms with Crippen LogP contribution in [0.4, 0.5) is 4.79 Å². The Morgan fingerprint density at radius 3 is 2.95 bits per heavy atom. The lowest BCUT2D eigenvalue weighted by Crippen LogP contribution is -2.24. The fourth-order valence-electron chi connectivity index (χ4n) is 2.53.